The normalized spacial score (nSPS) is 23.4. The predicted octanol–water partition coefficient (Wildman–Crippen LogP) is 5.87. The second-order valence-electron chi connectivity index (χ2n) is 4.88. The van der Waals surface area contributed by atoms with Crippen molar-refractivity contribution >= 4 is 59.8 Å². The van der Waals surface area contributed by atoms with Crippen LogP contribution in [-0.2, 0) is 0 Å². The zero-order valence-corrected chi connectivity index (χ0v) is 15.8. The fourth-order valence-corrected chi connectivity index (χ4v) is 9.91. The minimum atomic E-state index is -1.82. The lowest BCUT2D eigenvalue weighted by Crippen LogP contribution is -2.03. The van der Waals surface area contributed by atoms with Crippen LogP contribution in [0.25, 0.3) is 0 Å². The van der Waals surface area contributed by atoms with Gasteiger partial charge in [0, 0.05) is 20.9 Å². The van der Waals surface area contributed by atoms with E-state index < -0.39 is 6.89 Å². The van der Waals surface area contributed by atoms with Gasteiger partial charge in [0.25, 0.3) is 0 Å². The Morgan fingerprint density at radius 1 is 0.818 bits per heavy atom. The molecule has 0 bridgehead atoms. The molecule has 0 aliphatic carbocycles. The molecule has 6 heteroatoms. The van der Waals surface area contributed by atoms with E-state index in [9.17, 15) is 9.59 Å². The monoisotopic (exact) mass is 454 g/mol. The first-order valence-corrected chi connectivity index (χ1v) is 12.6. The molecule has 0 fully saturated rings. The van der Waals surface area contributed by atoms with E-state index in [1.54, 1.807) is 0 Å². The maximum atomic E-state index is 12.8. The van der Waals surface area contributed by atoms with Gasteiger partial charge < -0.3 is 0 Å². The first-order chi connectivity index (χ1) is 10.5. The lowest BCUT2D eigenvalue weighted by Gasteiger charge is -2.22. The summed E-state index contributed by atoms with van der Waals surface area (Å²) >= 11 is 8.76. The molecular formula is C16H8Br2O2S2. The van der Waals surface area contributed by atoms with Gasteiger partial charge >= 0.3 is 0 Å². The minimum absolute atomic E-state index is 0.0625. The van der Waals surface area contributed by atoms with Crippen molar-refractivity contribution < 1.29 is 9.59 Å². The van der Waals surface area contributed by atoms with Gasteiger partial charge in [0.2, 0.25) is 11.6 Å². The summed E-state index contributed by atoms with van der Waals surface area (Å²) in [5.74, 6) is -0.129. The molecule has 0 amide bonds. The van der Waals surface area contributed by atoms with Crippen molar-refractivity contribution in [1.82, 2.24) is 0 Å². The van der Waals surface area contributed by atoms with Crippen LogP contribution in [0.2, 0.25) is 0 Å². The average Bonchev–Trinajstić information content (AvgIpc) is 2.94. The average molecular weight is 456 g/mol. The zero-order chi connectivity index (χ0) is 15.5. The Balaban J connectivity index is 1.96. The lowest BCUT2D eigenvalue weighted by molar-refractivity contribution is 0.101. The van der Waals surface area contributed by atoms with Crippen LogP contribution in [0.3, 0.4) is 0 Å². The van der Waals surface area contributed by atoms with Crippen LogP contribution in [0.4, 0.5) is 0 Å². The van der Waals surface area contributed by atoms with Crippen LogP contribution >= 0.6 is 48.3 Å². The Labute approximate surface area is 148 Å². The van der Waals surface area contributed by atoms with Gasteiger partial charge in [0.1, 0.15) is 0 Å². The molecular weight excluding hydrogens is 448 g/mol. The quantitative estimate of drug-likeness (QED) is 0.466. The number of ketones is 2. The number of rotatable bonds is 0. The van der Waals surface area contributed by atoms with Gasteiger partial charge in [-0.1, -0.05) is 42.9 Å². The van der Waals surface area contributed by atoms with E-state index in [-0.39, 0.29) is 11.6 Å². The highest BCUT2D eigenvalue weighted by Crippen LogP contribution is 2.80. The summed E-state index contributed by atoms with van der Waals surface area (Å²) in [7, 11) is 0. The third-order valence-electron chi connectivity index (χ3n) is 3.63. The molecule has 2 nitrogen and oxygen atoms in total. The minimum Gasteiger partial charge on any atom is -0.288 e. The molecule has 22 heavy (non-hydrogen) atoms. The molecule has 0 unspecified atom stereocenters. The van der Waals surface area contributed by atoms with E-state index in [1.807, 2.05) is 48.5 Å². The van der Waals surface area contributed by atoms with E-state index in [0.29, 0.717) is 20.9 Å². The van der Waals surface area contributed by atoms with Crippen molar-refractivity contribution in [1.29, 1.82) is 0 Å². The van der Waals surface area contributed by atoms with Crippen LogP contribution in [-0.4, -0.2) is 11.6 Å². The third kappa shape index (κ3) is 1.94. The van der Waals surface area contributed by atoms with Crippen molar-refractivity contribution in [2.75, 3.05) is 0 Å². The van der Waals surface area contributed by atoms with Crippen LogP contribution in [0.5, 0.6) is 0 Å². The van der Waals surface area contributed by atoms with Crippen LogP contribution in [0, 0.1) is 0 Å². The lowest BCUT2D eigenvalue weighted by atomic mass is 10.1. The largest absolute Gasteiger partial charge is 0.288 e. The van der Waals surface area contributed by atoms with Crippen LogP contribution in [0.1, 0.15) is 20.7 Å². The third-order valence-corrected chi connectivity index (χ3v) is 10.8. The molecule has 2 heterocycles. The second-order valence-corrected chi connectivity index (χ2v) is 16.2. The molecule has 0 radical (unpaired) electrons. The van der Waals surface area contributed by atoms with Gasteiger partial charge in [0.15, 0.2) is 0 Å². The molecule has 0 atom stereocenters. The molecule has 4 rings (SSSR count). The Kier molecular flexibility index (Phi) is 3.41. The van der Waals surface area contributed by atoms with Crippen LogP contribution in [0.15, 0.2) is 68.1 Å². The van der Waals surface area contributed by atoms with Gasteiger partial charge in [-0.05, 0) is 53.9 Å². The zero-order valence-electron chi connectivity index (χ0n) is 11.0. The Bertz CT molecular complexity index is 887. The van der Waals surface area contributed by atoms with E-state index in [1.165, 1.54) is 11.8 Å². The summed E-state index contributed by atoms with van der Waals surface area (Å²) in [6, 6.07) is 15.0. The summed E-state index contributed by atoms with van der Waals surface area (Å²) < 4.78 is 0. The number of allylic oxidation sites excluding steroid dienone is 2. The van der Waals surface area contributed by atoms with E-state index in [0.717, 1.165) is 9.79 Å². The number of Topliss-reactive ketones (excluding diaryl/α,β-unsaturated/α-hetero) is 2. The maximum absolute atomic E-state index is 12.8. The van der Waals surface area contributed by atoms with Crippen molar-refractivity contribution in [3.8, 4) is 0 Å². The Hall–Kier alpha value is -0.820. The number of thioether (sulfide) groups is 1. The SMILES string of the molecule is O=C1/C(=C2\C(=O)c3ccccc3S2(Br)Br)Sc2ccccc21. The fourth-order valence-electron chi connectivity index (χ4n) is 2.62. The maximum Gasteiger partial charge on any atom is 0.202 e. The number of carbonyl (C=O) groups excluding carboxylic acids is 2. The molecule has 0 spiro atoms. The fraction of sp³-hybridized carbons (Fsp3) is 0. The molecule has 0 saturated heterocycles. The number of hydrogen-bond acceptors (Lipinski definition) is 3. The molecule has 2 aromatic carbocycles. The number of halogens is 2. The second kappa shape index (κ2) is 5.09. The molecule has 0 aromatic heterocycles. The van der Waals surface area contributed by atoms with Gasteiger partial charge in [-0.2, -0.15) is 0 Å². The van der Waals surface area contributed by atoms with Gasteiger partial charge in [-0.25, -0.2) is 0 Å². The first kappa shape index (κ1) is 14.8. The van der Waals surface area contributed by atoms with E-state index >= 15 is 0 Å². The number of fused-ring (bicyclic) bond motifs is 2. The van der Waals surface area contributed by atoms with Gasteiger partial charge in [-0.15, -0.1) is 0 Å². The van der Waals surface area contributed by atoms with Crippen molar-refractivity contribution in [3.05, 3.63) is 69.5 Å². The molecule has 0 N–H and O–H groups in total. The smallest absolute Gasteiger partial charge is 0.202 e. The highest BCUT2D eigenvalue weighted by atomic mass is 79.9. The summed E-state index contributed by atoms with van der Waals surface area (Å²) in [5.41, 5.74) is 1.34. The predicted molar refractivity (Wildman–Crippen MR) is 98.1 cm³/mol. The summed E-state index contributed by atoms with van der Waals surface area (Å²) in [5, 5.41) is 0. The highest BCUT2D eigenvalue weighted by molar-refractivity contribution is 9.92. The van der Waals surface area contributed by atoms with E-state index in [4.69, 9.17) is 0 Å². The summed E-state index contributed by atoms with van der Waals surface area (Å²) in [6.45, 7) is -1.82. The molecule has 0 saturated carbocycles. The van der Waals surface area contributed by atoms with Crippen molar-refractivity contribution in [3.63, 3.8) is 0 Å². The molecule has 2 aliphatic rings. The van der Waals surface area contributed by atoms with Crippen molar-refractivity contribution in [2.24, 2.45) is 0 Å². The molecule has 2 aliphatic heterocycles. The van der Waals surface area contributed by atoms with Crippen molar-refractivity contribution in [2.45, 2.75) is 9.79 Å². The number of carbonyl (C=O) groups is 2. The molecule has 110 valence electrons. The Morgan fingerprint density at radius 2 is 1.45 bits per heavy atom. The van der Waals surface area contributed by atoms with Crippen LogP contribution < -0.4 is 0 Å². The topological polar surface area (TPSA) is 34.1 Å². The number of hydrogen-bond donors (Lipinski definition) is 0. The van der Waals surface area contributed by atoms with Gasteiger partial charge in [0.05, 0.1) is 9.81 Å². The Morgan fingerprint density at radius 3 is 2.14 bits per heavy atom. The number of benzene rings is 2. The summed E-state index contributed by atoms with van der Waals surface area (Å²) in [4.78, 5) is 28.5. The first-order valence-electron chi connectivity index (χ1n) is 6.44. The molecule has 2 aromatic rings. The summed E-state index contributed by atoms with van der Waals surface area (Å²) in [6.07, 6.45) is 0. The van der Waals surface area contributed by atoms with Gasteiger partial charge in [-0.3, -0.25) is 9.59 Å². The highest BCUT2D eigenvalue weighted by Gasteiger charge is 2.45. The van der Waals surface area contributed by atoms with E-state index in [2.05, 4.69) is 29.6 Å². The standard InChI is InChI=1S/C16H8Br2O2S2/c17-22(18)12-8-4-2-6-10(12)14(20)16(22)15-13(19)9-5-1-3-7-11(9)21-15/h1-8H/b16-15-.